The van der Waals surface area contributed by atoms with E-state index in [9.17, 15) is 5.11 Å². The number of halogens is 1. The highest BCUT2D eigenvalue weighted by molar-refractivity contribution is 6.30. The van der Waals surface area contributed by atoms with Gasteiger partial charge < -0.3 is 10.8 Å². The molecule has 82 valence electrons. The van der Waals surface area contributed by atoms with E-state index in [0.29, 0.717) is 10.9 Å². The largest absolute Gasteiger partial charge is 0.508 e. The van der Waals surface area contributed by atoms with E-state index < -0.39 is 0 Å². The van der Waals surface area contributed by atoms with Crippen molar-refractivity contribution in [3.05, 3.63) is 28.8 Å². The van der Waals surface area contributed by atoms with Crippen LogP contribution < -0.4 is 5.73 Å². The van der Waals surface area contributed by atoms with Crippen LogP contribution in [0.2, 0.25) is 5.02 Å². The molecule has 0 bridgehead atoms. The molecule has 1 atom stereocenters. The lowest BCUT2D eigenvalue weighted by molar-refractivity contribution is 0.412. The zero-order valence-electron chi connectivity index (χ0n) is 8.62. The summed E-state index contributed by atoms with van der Waals surface area (Å²) in [6.45, 7) is 0. The molecule has 0 radical (unpaired) electrons. The molecule has 0 spiro atoms. The fourth-order valence-corrected chi connectivity index (χ4v) is 2.54. The van der Waals surface area contributed by atoms with Gasteiger partial charge in [-0.1, -0.05) is 24.4 Å². The van der Waals surface area contributed by atoms with Crippen molar-refractivity contribution in [1.82, 2.24) is 0 Å². The minimum atomic E-state index is -0.0776. The van der Waals surface area contributed by atoms with Gasteiger partial charge in [-0.3, -0.25) is 0 Å². The Balaban J connectivity index is 2.23. The van der Waals surface area contributed by atoms with E-state index in [2.05, 4.69) is 0 Å². The zero-order valence-corrected chi connectivity index (χ0v) is 9.37. The summed E-state index contributed by atoms with van der Waals surface area (Å²) in [7, 11) is 0. The number of benzene rings is 1. The lowest BCUT2D eigenvalue weighted by Crippen LogP contribution is -2.19. The number of phenols is 1. The van der Waals surface area contributed by atoms with Crippen LogP contribution in [0.15, 0.2) is 18.2 Å². The number of hydrogen-bond donors (Lipinski definition) is 2. The molecule has 3 heteroatoms. The summed E-state index contributed by atoms with van der Waals surface area (Å²) in [5.41, 5.74) is 6.94. The van der Waals surface area contributed by atoms with Crippen LogP contribution in [0, 0.1) is 5.92 Å². The molecular formula is C12H16ClNO. The van der Waals surface area contributed by atoms with Crippen molar-refractivity contribution in [1.29, 1.82) is 0 Å². The summed E-state index contributed by atoms with van der Waals surface area (Å²) >= 11 is 5.90. The van der Waals surface area contributed by atoms with Gasteiger partial charge in [0.05, 0.1) is 0 Å². The molecule has 0 unspecified atom stereocenters. The van der Waals surface area contributed by atoms with Gasteiger partial charge >= 0.3 is 0 Å². The molecule has 0 heterocycles. The van der Waals surface area contributed by atoms with Gasteiger partial charge in [0.1, 0.15) is 5.75 Å². The van der Waals surface area contributed by atoms with E-state index in [4.69, 9.17) is 17.3 Å². The van der Waals surface area contributed by atoms with E-state index in [1.165, 1.54) is 12.8 Å². The quantitative estimate of drug-likeness (QED) is 0.812. The summed E-state index contributed by atoms with van der Waals surface area (Å²) in [6, 6.07) is 5.00. The van der Waals surface area contributed by atoms with Gasteiger partial charge in [0.2, 0.25) is 0 Å². The Hall–Kier alpha value is -0.730. The van der Waals surface area contributed by atoms with E-state index in [0.717, 1.165) is 18.4 Å². The highest BCUT2D eigenvalue weighted by Gasteiger charge is 2.25. The molecule has 2 rings (SSSR count). The molecule has 1 aliphatic carbocycles. The molecule has 0 aromatic heterocycles. The number of hydrogen-bond acceptors (Lipinski definition) is 2. The van der Waals surface area contributed by atoms with Gasteiger partial charge in [0.25, 0.3) is 0 Å². The third kappa shape index (κ3) is 2.27. The molecule has 1 aromatic rings. The second kappa shape index (κ2) is 4.42. The first-order chi connectivity index (χ1) is 7.18. The molecule has 3 N–H and O–H groups in total. The lowest BCUT2D eigenvalue weighted by atomic mass is 9.92. The summed E-state index contributed by atoms with van der Waals surface area (Å²) in [4.78, 5) is 0. The molecule has 1 fully saturated rings. The Morgan fingerprint density at radius 1 is 1.33 bits per heavy atom. The van der Waals surface area contributed by atoms with E-state index in [-0.39, 0.29) is 11.8 Å². The van der Waals surface area contributed by atoms with Gasteiger partial charge in [-0.2, -0.15) is 0 Å². The fourth-order valence-electron chi connectivity index (χ4n) is 2.36. The van der Waals surface area contributed by atoms with Gasteiger partial charge in [-0.15, -0.1) is 0 Å². The fraction of sp³-hybridized carbons (Fsp3) is 0.500. The molecule has 0 amide bonds. The van der Waals surface area contributed by atoms with Gasteiger partial charge in [0, 0.05) is 16.6 Å². The van der Waals surface area contributed by atoms with Crippen LogP contribution in [0.4, 0.5) is 0 Å². The standard InChI is InChI=1S/C12H16ClNO/c13-9-5-6-11(15)10(7-9)12(14)8-3-1-2-4-8/h5-8,12,15H,1-4,14H2/t12-/m0/s1. The van der Waals surface area contributed by atoms with E-state index in [1.54, 1.807) is 18.2 Å². The van der Waals surface area contributed by atoms with Crippen molar-refractivity contribution in [3.63, 3.8) is 0 Å². The number of nitrogens with two attached hydrogens (primary N) is 1. The average Bonchev–Trinajstić information content (AvgIpc) is 2.74. The minimum absolute atomic E-state index is 0.0776. The predicted octanol–water partition coefficient (Wildman–Crippen LogP) is 3.24. The van der Waals surface area contributed by atoms with Crippen LogP contribution in [0.1, 0.15) is 37.3 Å². The molecule has 1 aliphatic rings. The van der Waals surface area contributed by atoms with Crippen molar-refractivity contribution in [2.24, 2.45) is 11.7 Å². The van der Waals surface area contributed by atoms with Crippen LogP contribution in [0.25, 0.3) is 0 Å². The van der Waals surface area contributed by atoms with Gasteiger partial charge in [-0.25, -0.2) is 0 Å². The molecule has 15 heavy (non-hydrogen) atoms. The summed E-state index contributed by atoms with van der Waals surface area (Å²) in [5, 5.41) is 10.4. The van der Waals surface area contributed by atoms with Crippen LogP contribution in [-0.2, 0) is 0 Å². The van der Waals surface area contributed by atoms with Crippen molar-refractivity contribution < 1.29 is 5.11 Å². The van der Waals surface area contributed by atoms with Crippen LogP contribution in [-0.4, -0.2) is 5.11 Å². The second-order valence-corrected chi connectivity index (χ2v) is 4.71. The zero-order chi connectivity index (χ0) is 10.8. The Labute approximate surface area is 95.1 Å². The van der Waals surface area contributed by atoms with Crippen molar-refractivity contribution >= 4 is 11.6 Å². The Kier molecular flexibility index (Phi) is 3.17. The SMILES string of the molecule is N[C@H](c1cc(Cl)ccc1O)C1CCCC1. The highest BCUT2D eigenvalue weighted by atomic mass is 35.5. The molecular weight excluding hydrogens is 210 g/mol. The van der Waals surface area contributed by atoms with Crippen molar-refractivity contribution in [2.45, 2.75) is 31.7 Å². The van der Waals surface area contributed by atoms with Crippen LogP contribution in [0.3, 0.4) is 0 Å². The summed E-state index contributed by atoms with van der Waals surface area (Å²) in [5.74, 6) is 0.758. The Morgan fingerprint density at radius 2 is 2.00 bits per heavy atom. The summed E-state index contributed by atoms with van der Waals surface area (Å²) < 4.78 is 0. The smallest absolute Gasteiger partial charge is 0.120 e. The maximum atomic E-state index is 9.73. The maximum Gasteiger partial charge on any atom is 0.120 e. The molecule has 1 saturated carbocycles. The normalized spacial score (nSPS) is 19.3. The maximum absolute atomic E-state index is 9.73. The molecule has 1 aromatic carbocycles. The first kappa shape index (κ1) is 10.8. The van der Waals surface area contributed by atoms with Gasteiger partial charge in [0.15, 0.2) is 0 Å². The Bertz CT molecular complexity index is 347. The second-order valence-electron chi connectivity index (χ2n) is 4.27. The van der Waals surface area contributed by atoms with Crippen LogP contribution >= 0.6 is 11.6 Å². The molecule has 0 aliphatic heterocycles. The first-order valence-electron chi connectivity index (χ1n) is 5.42. The highest BCUT2D eigenvalue weighted by Crippen LogP contribution is 2.37. The monoisotopic (exact) mass is 225 g/mol. The van der Waals surface area contributed by atoms with Gasteiger partial charge in [-0.05, 0) is 37.0 Å². The number of phenolic OH excluding ortho intramolecular Hbond substituents is 1. The van der Waals surface area contributed by atoms with Crippen LogP contribution in [0.5, 0.6) is 5.75 Å². The molecule has 2 nitrogen and oxygen atoms in total. The number of rotatable bonds is 2. The topological polar surface area (TPSA) is 46.2 Å². The van der Waals surface area contributed by atoms with Crippen molar-refractivity contribution in [2.75, 3.05) is 0 Å². The predicted molar refractivity (Wildman–Crippen MR) is 62.0 cm³/mol. The number of aromatic hydroxyl groups is 1. The molecule has 0 saturated heterocycles. The first-order valence-corrected chi connectivity index (χ1v) is 5.80. The summed E-state index contributed by atoms with van der Waals surface area (Å²) in [6.07, 6.45) is 4.82. The van der Waals surface area contributed by atoms with E-state index in [1.807, 2.05) is 0 Å². The lowest BCUT2D eigenvalue weighted by Gasteiger charge is -2.20. The third-order valence-corrected chi connectivity index (χ3v) is 3.49. The minimum Gasteiger partial charge on any atom is -0.508 e. The van der Waals surface area contributed by atoms with Crippen molar-refractivity contribution in [3.8, 4) is 5.75 Å². The Morgan fingerprint density at radius 3 is 2.67 bits per heavy atom. The average molecular weight is 226 g/mol. The third-order valence-electron chi connectivity index (χ3n) is 3.26. The van der Waals surface area contributed by atoms with E-state index >= 15 is 0 Å².